The maximum Gasteiger partial charge on any atom is 0.151 e. The molecule has 1 aromatic carbocycles. The van der Waals surface area contributed by atoms with Gasteiger partial charge >= 0.3 is 0 Å². The molecular weight excluding hydrogens is 262 g/mol. The van der Waals surface area contributed by atoms with Gasteiger partial charge in [0.1, 0.15) is 5.58 Å². The first-order chi connectivity index (χ1) is 9.14. The van der Waals surface area contributed by atoms with Crippen LogP contribution in [0.3, 0.4) is 0 Å². The Balaban J connectivity index is 1.69. The van der Waals surface area contributed by atoms with Crippen molar-refractivity contribution in [3.63, 3.8) is 0 Å². The fourth-order valence-electron chi connectivity index (χ4n) is 2.61. The summed E-state index contributed by atoms with van der Waals surface area (Å²) in [6, 6.07) is 7.94. The molecule has 19 heavy (non-hydrogen) atoms. The van der Waals surface area contributed by atoms with Crippen molar-refractivity contribution in [1.82, 2.24) is 5.32 Å². The molecule has 0 aliphatic carbocycles. The summed E-state index contributed by atoms with van der Waals surface area (Å²) in [6.07, 6.45) is 3.43. The van der Waals surface area contributed by atoms with Gasteiger partial charge in [-0.25, -0.2) is 8.42 Å². The monoisotopic (exact) mass is 279 g/mol. The highest BCUT2D eigenvalue weighted by atomic mass is 32.2. The van der Waals surface area contributed by atoms with E-state index in [1.165, 1.54) is 0 Å². The van der Waals surface area contributed by atoms with E-state index in [1.807, 2.05) is 24.3 Å². The molecule has 0 spiro atoms. The Morgan fingerprint density at radius 3 is 3.00 bits per heavy atom. The average molecular weight is 279 g/mol. The summed E-state index contributed by atoms with van der Waals surface area (Å²) < 4.78 is 28.6. The predicted molar refractivity (Wildman–Crippen MR) is 74.7 cm³/mol. The Hall–Kier alpha value is -1.33. The summed E-state index contributed by atoms with van der Waals surface area (Å²) in [5.74, 6) is 0.586. The van der Waals surface area contributed by atoms with Gasteiger partial charge in [0.05, 0.1) is 17.8 Å². The van der Waals surface area contributed by atoms with Crippen molar-refractivity contribution in [3.05, 3.63) is 36.1 Å². The van der Waals surface area contributed by atoms with Gasteiger partial charge in [-0.15, -0.1) is 0 Å². The van der Waals surface area contributed by atoms with E-state index in [9.17, 15) is 8.42 Å². The van der Waals surface area contributed by atoms with Gasteiger partial charge < -0.3 is 9.73 Å². The fraction of sp³-hybridized carbons (Fsp3) is 0.429. The zero-order chi connectivity index (χ0) is 13.3. The molecule has 1 fully saturated rings. The van der Waals surface area contributed by atoms with Crippen molar-refractivity contribution in [2.24, 2.45) is 0 Å². The first-order valence-corrected chi connectivity index (χ1v) is 8.35. The van der Waals surface area contributed by atoms with Gasteiger partial charge in [0.15, 0.2) is 9.84 Å². The zero-order valence-electron chi connectivity index (χ0n) is 10.6. The summed E-state index contributed by atoms with van der Waals surface area (Å²) in [4.78, 5) is 0. The van der Waals surface area contributed by atoms with E-state index in [0.29, 0.717) is 12.3 Å². The van der Waals surface area contributed by atoms with Gasteiger partial charge in [0, 0.05) is 23.5 Å². The molecule has 102 valence electrons. The third-order valence-corrected chi connectivity index (χ3v) is 5.43. The van der Waals surface area contributed by atoms with Crippen molar-refractivity contribution in [1.29, 1.82) is 0 Å². The third-order valence-electron chi connectivity index (χ3n) is 3.61. The molecule has 5 heteroatoms. The number of sulfone groups is 1. The third kappa shape index (κ3) is 2.82. The van der Waals surface area contributed by atoms with Crippen LogP contribution in [-0.2, 0) is 16.4 Å². The fourth-order valence-corrected chi connectivity index (χ4v) is 4.28. The lowest BCUT2D eigenvalue weighted by Gasteiger charge is -2.22. The number of nitrogens with one attached hydrogen (secondary N) is 1. The Morgan fingerprint density at radius 1 is 1.32 bits per heavy atom. The first-order valence-electron chi connectivity index (χ1n) is 6.53. The molecular formula is C14H17NO3S. The van der Waals surface area contributed by atoms with Gasteiger partial charge in [-0.3, -0.25) is 0 Å². The largest absolute Gasteiger partial charge is 0.464 e. The molecule has 0 bridgehead atoms. The Kier molecular flexibility index (Phi) is 3.33. The van der Waals surface area contributed by atoms with Crippen LogP contribution in [0.1, 0.15) is 18.4 Å². The second-order valence-corrected chi connectivity index (χ2v) is 7.32. The zero-order valence-corrected chi connectivity index (χ0v) is 11.4. The minimum absolute atomic E-state index is 0.0624. The molecule has 3 rings (SSSR count). The summed E-state index contributed by atoms with van der Waals surface area (Å²) in [5, 5.41) is 4.42. The summed E-state index contributed by atoms with van der Waals surface area (Å²) in [5.41, 5.74) is 1.95. The second-order valence-electron chi connectivity index (χ2n) is 5.09. The maximum atomic E-state index is 11.6. The summed E-state index contributed by atoms with van der Waals surface area (Å²) >= 11 is 0. The molecule has 0 saturated carbocycles. The summed E-state index contributed by atoms with van der Waals surface area (Å²) in [6.45, 7) is 0.650. The standard InChI is InChI=1S/C14H17NO3S/c16-19(17)7-3-4-12(10-19)15-8-11-9-18-14-6-2-1-5-13(11)14/h1-2,5-6,9,12,15H,3-4,7-8,10H2. The Labute approximate surface area is 112 Å². The molecule has 1 atom stereocenters. The van der Waals surface area contributed by atoms with E-state index in [1.54, 1.807) is 6.26 Å². The minimum Gasteiger partial charge on any atom is -0.464 e. The van der Waals surface area contributed by atoms with Crippen molar-refractivity contribution >= 4 is 20.8 Å². The van der Waals surface area contributed by atoms with Gasteiger partial charge in [-0.1, -0.05) is 18.2 Å². The predicted octanol–water partition coefficient (Wildman–Crippen LogP) is 2.10. The lowest BCUT2D eigenvalue weighted by Crippen LogP contribution is -2.39. The normalized spacial score (nSPS) is 22.6. The van der Waals surface area contributed by atoms with E-state index < -0.39 is 9.84 Å². The molecule has 2 aromatic rings. The van der Waals surface area contributed by atoms with Crippen LogP contribution in [0, 0.1) is 0 Å². The second kappa shape index (κ2) is 4.98. The van der Waals surface area contributed by atoms with Gasteiger partial charge in [-0.05, 0) is 18.9 Å². The van der Waals surface area contributed by atoms with Crippen LogP contribution in [0.5, 0.6) is 0 Å². The van der Waals surface area contributed by atoms with Gasteiger partial charge in [-0.2, -0.15) is 0 Å². The van der Waals surface area contributed by atoms with E-state index in [4.69, 9.17) is 4.42 Å². The number of hydrogen-bond acceptors (Lipinski definition) is 4. The molecule has 1 unspecified atom stereocenters. The van der Waals surface area contributed by atoms with Gasteiger partial charge in [0.25, 0.3) is 0 Å². The highest BCUT2D eigenvalue weighted by Crippen LogP contribution is 2.21. The topological polar surface area (TPSA) is 59.3 Å². The number of para-hydroxylation sites is 1. The van der Waals surface area contributed by atoms with E-state index in [2.05, 4.69) is 5.32 Å². The molecule has 2 heterocycles. The summed E-state index contributed by atoms with van der Waals surface area (Å²) in [7, 11) is -2.85. The highest BCUT2D eigenvalue weighted by molar-refractivity contribution is 7.91. The Morgan fingerprint density at radius 2 is 2.16 bits per heavy atom. The number of furan rings is 1. The molecule has 1 saturated heterocycles. The van der Waals surface area contributed by atoms with Crippen LogP contribution < -0.4 is 5.32 Å². The van der Waals surface area contributed by atoms with E-state index >= 15 is 0 Å². The Bertz CT molecular complexity index is 675. The van der Waals surface area contributed by atoms with Gasteiger partial charge in [0.2, 0.25) is 0 Å². The number of fused-ring (bicyclic) bond motifs is 1. The van der Waals surface area contributed by atoms with Crippen LogP contribution in [-0.4, -0.2) is 26.0 Å². The lowest BCUT2D eigenvalue weighted by atomic mass is 10.1. The van der Waals surface area contributed by atoms with Crippen molar-refractivity contribution < 1.29 is 12.8 Å². The smallest absolute Gasteiger partial charge is 0.151 e. The van der Waals surface area contributed by atoms with Crippen molar-refractivity contribution in [2.75, 3.05) is 11.5 Å². The molecule has 1 aliphatic heterocycles. The van der Waals surface area contributed by atoms with Crippen LogP contribution in [0.15, 0.2) is 34.9 Å². The van der Waals surface area contributed by atoms with Crippen LogP contribution >= 0.6 is 0 Å². The quantitative estimate of drug-likeness (QED) is 0.934. The molecule has 1 N–H and O–H groups in total. The lowest BCUT2D eigenvalue weighted by molar-refractivity contribution is 0.479. The number of rotatable bonds is 3. The van der Waals surface area contributed by atoms with Crippen LogP contribution in [0.2, 0.25) is 0 Å². The molecule has 1 aromatic heterocycles. The van der Waals surface area contributed by atoms with Crippen molar-refractivity contribution in [3.8, 4) is 0 Å². The minimum atomic E-state index is -2.85. The van der Waals surface area contributed by atoms with Crippen molar-refractivity contribution in [2.45, 2.75) is 25.4 Å². The first kappa shape index (κ1) is 12.7. The number of benzene rings is 1. The molecule has 4 nitrogen and oxygen atoms in total. The molecule has 0 amide bonds. The van der Waals surface area contributed by atoms with Crippen LogP contribution in [0.4, 0.5) is 0 Å². The van der Waals surface area contributed by atoms with Crippen LogP contribution in [0.25, 0.3) is 11.0 Å². The molecule has 1 aliphatic rings. The van der Waals surface area contributed by atoms with E-state index in [-0.39, 0.29) is 11.8 Å². The maximum absolute atomic E-state index is 11.6. The highest BCUT2D eigenvalue weighted by Gasteiger charge is 2.24. The molecule has 0 radical (unpaired) electrons. The average Bonchev–Trinajstić information content (AvgIpc) is 2.78. The van der Waals surface area contributed by atoms with E-state index in [0.717, 1.165) is 29.4 Å². The SMILES string of the molecule is O=S1(=O)CCCC(NCc2coc3ccccc23)C1. The number of hydrogen-bond donors (Lipinski definition) is 1.